The number of amides is 1. The number of rotatable bonds is 7. The molecule has 0 saturated heterocycles. The Balaban J connectivity index is 4.04. The summed E-state index contributed by atoms with van der Waals surface area (Å²) in [6.07, 6.45) is 0.546. The summed E-state index contributed by atoms with van der Waals surface area (Å²) >= 11 is 2.85. The van der Waals surface area contributed by atoms with Crippen molar-refractivity contribution in [2.45, 2.75) is 19.4 Å². The van der Waals surface area contributed by atoms with Crippen LogP contribution in [0.15, 0.2) is 0 Å². The van der Waals surface area contributed by atoms with Crippen LogP contribution in [0.2, 0.25) is 0 Å². The SMILES string of the molecule is CC(C)(CNC=O)OCS(=O)(=O)CBr. The van der Waals surface area contributed by atoms with E-state index in [0.717, 1.165) is 0 Å². The summed E-state index contributed by atoms with van der Waals surface area (Å²) in [5.74, 6) is -0.355. The minimum atomic E-state index is -3.20. The third kappa shape index (κ3) is 6.33. The van der Waals surface area contributed by atoms with E-state index in [-0.39, 0.29) is 17.1 Å². The molecular formula is C7H14BrNO4S. The number of halogens is 1. The van der Waals surface area contributed by atoms with Crippen molar-refractivity contribution in [3.05, 3.63) is 0 Å². The number of carbonyl (C=O) groups excluding carboxylic acids is 1. The lowest BCUT2D eigenvalue weighted by atomic mass is 10.1. The van der Waals surface area contributed by atoms with Gasteiger partial charge in [0.15, 0.2) is 9.84 Å². The van der Waals surface area contributed by atoms with Crippen molar-refractivity contribution in [2.75, 3.05) is 17.1 Å². The van der Waals surface area contributed by atoms with Crippen LogP contribution in [-0.4, -0.2) is 37.6 Å². The zero-order chi connectivity index (χ0) is 11.2. The average Bonchev–Trinajstić information content (AvgIpc) is 2.12. The van der Waals surface area contributed by atoms with Crippen molar-refractivity contribution in [1.82, 2.24) is 5.32 Å². The molecule has 7 heteroatoms. The van der Waals surface area contributed by atoms with Crippen LogP contribution in [0.5, 0.6) is 0 Å². The van der Waals surface area contributed by atoms with Crippen molar-refractivity contribution < 1.29 is 17.9 Å². The highest BCUT2D eigenvalue weighted by molar-refractivity contribution is 9.10. The van der Waals surface area contributed by atoms with E-state index in [2.05, 4.69) is 21.2 Å². The second-order valence-corrected chi connectivity index (χ2v) is 6.69. The zero-order valence-corrected chi connectivity index (χ0v) is 10.5. The van der Waals surface area contributed by atoms with Gasteiger partial charge in [-0.15, -0.1) is 0 Å². The predicted molar refractivity (Wildman–Crippen MR) is 56.8 cm³/mol. The molecule has 1 N–H and O–H groups in total. The molecule has 0 aromatic carbocycles. The molecule has 5 nitrogen and oxygen atoms in total. The molecule has 0 atom stereocenters. The van der Waals surface area contributed by atoms with Crippen molar-refractivity contribution >= 4 is 32.2 Å². The van der Waals surface area contributed by atoms with Gasteiger partial charge in [0.05, 0.1) is 5.60 Å². The molecule has 0 aromatic heterocycles. The molecule has 0 aliphatic heterocycles. The Kier molecular flexibility index (Phi) is 5.61. The Bertz CT molecular complexity index is 275. The molecule has 84 valence electrons. The van der Waals surface area contributed by atoms with Crippen LogP contribution in [0.1, 0.15) is 13.8 Å². The van der Waals surface area contributed by atoms with Gasteiger partial charge < -0.3 is 10.1 Å². The van der Waals surface area contributed by atoms with E-state index in [1.807, 2.05) is 0 Å². The molecule has 0 fully saturated rings. The zero-order valence-electron chi connectivity index (χ0n) is 8.12. The minimum Gasteiger partial charge on any atom is -0.358 e. The van der Waals surface area contributed by atoms with Crippen molar-refractivity contribution in [2.24, 2.45) is 0 Å². The first-order valence-corrected chi connectivity index (χ1v) is 6.85. The normalized spacial score (nSPS) is 12.5. The lowest BCUT2D eigenvalue weighted by Crippen LogP contribution is -2.38. The summed E-state index contributed by atoms with van der Waals surface area (Å²) in [6.45, 7) is 3.68. The van der Waals surface area contributed by atoms with Gasteiger partial charge in [-0.3, -0.25) is 4.79 Å². The van der Waals surface area contributed by atoms with Gasteiger partial charge in [-0.05, 0) is 13.8 Å². The second-order valence-electron chi connectivity index (χ2n) is 3.37. The Morgan fingerprint density at radius 2 is 2.07 bits per heavy atom. The number of ether oxygens (including phenoxy) is 1. The molecule has 0 aliphatic carbocycles. The van der Waals surface area contributed by atoms with Gasteiger partial charge in [0.1, 0.15) is 10.6 Å². The highest BCUT2D eigenvalue weighted by atomic mass is 79.9. The molecule has 0 radical (unpaired) electrons. The lowest BCUT2D eigenvalue weighted by molar-refractivity contribution is -0.110. The molecule has 0 aliphatic rings. The van der Waals surface area contributed by atoms with Crippen LogP contribution in [0.3, 0.4) is 0 Å². The fraction of sp³-hybridized carbons (Fsp3) is 0.857. The van der Waals surface area contributed by atoms with Gasteiger partial charge in [0.25, 0.3) is 0 Å². The Morgan fingerprint density at radius 3 is 2.50 bits per heavy atom. The van der Waals surface area contributed by atoms with Crippen molar-refractivity contribution in [3.63, 3.8) is 0 Å². The van der Waals surface area contributed by atoms with Crippen LogP contribution < -0.4 is 5.32 Å². The highest BCUT2D eigenvalue weighted by Crippen LogP contribution is 2.09. The standard InChI is InChI=1S/C7H14BrNO4S/c1-7(2,3-9-5-10)13-6-14(11,12)4-8/h5H,3-4,6H2,1-2H3,(H,9,10). The van der Waals surface area contributed by atoms with Crippen molar-refractivity contribution in [1.29, 1.82) is 0 Å². The first-order valence-electron chi connectivity index (χ1n) is 3.90. The molecule has 0 heterocycles. The number of carbonyl (C=O) groups is 1. The van der Waals surface area contributed by atoms with Gasteiger partial charge in [0.2, 0.25) is 6.41 Å². The molecule has 0 saturated carbocycles. The highest BCUT2D eigenvalue weighted by Gasteiger charge is 2.21. The molecule has 14 heavy (non-hydrogen) atoms. The fourth-order valence-corrected chi connectivity index (χ4v) is 1.58. The Labute approximate surface area is 92.2 Å². The van der Waals surface area contributed by atoms with Crippen LogP contribution >= 0.6 is 15.9 Å². The molecule has 1 amide bonds. The monoisotopic (exact) mass is 287 g/mol. The van der Waals surface area contributed by atoms with E-state index >= 15 is 0 Å². The molecule has 0 spiro atoms. The van der Waals surface area contributed by atoms with Gasteiger partial charge in [-0.1, -0.05) is 15.9 Å². The summed E-state index contributed by atoms with van der Waals surface area (Å²) in [5, 5.41) is 2.43. The summed E-state index contributed by atoms with van der Waals surface area (Å²) in [7, 11) is -3.20. The topological polar surface area (TPSA) is 72.5 Å². The second kappa shape index (κ2) is 5.67. The van der Waals surface area contributed by atoms with Gasteiger partial charge in [-0.2, -0.15) is 0 Å². The quantitative estimate of drug-likeness (QED) is 0.538. The van der Waals surface area contributed by atoms with Gasteiger partial charge >= 0.3 is 0 Å². The lowest BCUT2D eigenvalue weighted by Gasteiger charge is -2.24. The van der Waals surface area contributed by atoms with E-state index in [4.69, 9.17) is 4.74 Å². The summed E-state index contributed by atoms with van der Waals surface area (Å²) < 4.78 is 27.1. The maximum absolute atomic E-state index is 11.1. The summed E-state index contributed by atoms with van der Waals surface area (Å²) in [5.41, 5.74) is -0.684. The summed E-state index contributed by atoms with van der Waals surface area (Å²) in [6, 6.07) is 0. The third-order valence-corrected chi connectivity index (χ3v) is 4.31. The van der Waals surface area contributed by atoms with E-state index in [9.17, 15) is 13.2 Å². The molecular weight excluding hydrogens is 274 g/mol. The first kappa shape index (κ1) is 13.9. The van der Waals surface area contributed by atoms with E-state index in [1.54, 1.807) is 13.8 Å². The number of alkyl halides is 1. The third-order valence-electron chi connectivity index (χ3n) is 1.41. The average molecular weight is 288 g/mol. The molecule has 0 rings (SSSR count). The van der Waals surface area contributed by atoms with E-state index in [0.29, 0.717) is 6.41 Å². The maximum Gasteiger partial charge on any atom is 0.207 e. The maximum atomic E-state index is 11.1. The van der Waals surface area contributed by atoms with E-state index < -0.39 is 15.4 Å². The fourth-order valence-electron chi connectivity index (χ4n) is 0.619. The Morgan fingerprint density at radius 1 is 1.50 bits per heavy atom. The number of hydrogen-bond donors (Lipinski definition) is 1. The van der Waals surface area contributed by atoms with Crippen molar-refractivity contribution in [3.8, 4) is 0 Å². The Hall–Kier alpha value is -0.140. The van der Waals surface area contributed by atoms with Crippen LogP contribution in [-0.2, 0) is 19.4 Å². The molecule has 0 aromatic rings. The van der Waals surface area contributed by atoms with Crippen LogP contribution in [0.25, 0.3) is 0 Å². The van der Waals surface area contributed by atoms with Gasteiger partial charge in [0, 0.05) is 6.54 Å². The molecule has 0 bridgehead atoms. The molecule has 0 unspecified atom stereocenters. The largest absolute Gasteiger partial charge is 0.358 e. The van der Waals surface area contributed by atoms with Crippen LogP contribution in [0.4, 0.5) is 0 Å². The predicted octanol–water partition coefficient (Wildman–Crippen LogP) is 0.252. The summed E-state index contributed by atoms with van der Waals surface area (Å²) in [4.78, 5) is 10.0. The number of sulfone groups is 1. The van der Waals surface area contributed by atoms with Crippen LogP contribution in [0, 0.1) is 0 Å². The van der Waals surface area contributed by atoms with E-state index in [1.165, 1.54) is 0 Å². The minimum absolute atomic E-state index is 0.128. The number of nitrogens with one attached hydrogen (secondary N) is 1. The first-order chi connectivity index (χ1) is 6.33. The van der Waals surface area contributed by atoms with Gasteiger partial charge in [-0.25, -0.2) is 8.42 Å². The smallest absolute Gasteiger partial charge is 0.207 e. The number of hydrogen-bond acceptors (Lipinski definition) is 4.